The largest absolute Gasteiger partial charge is 0.466 e. The van der Waals surface area contributed by atoms with Gasteiger partial charge in [-0.05, 0) is 44.1 Å². The third-order valence-corrected chi connectivity index (χ3v) is 6.78. The smallest absolute Gasteiger partial charge is 0.310 e. The number of esters is 1. The van der Waals surface area contributed by atoms with Gasteiger partial charge in [-0.1, -0.05) is 49.4 Å². The number of aliphatic hydroxyl groups is 1. The third kappa shape index (κ3) is 5.64. The van der Waals surface area contributed by atoms with E-state index in [-0.39, 0.29) is 42.8 Å². The van der Waals surface area contributed by atoms with Crippen molar-refractivity contribution in [1.29, 1.82) is 0 Å². The number of benzene rings is 1. The van der Waals surface area contributed by atoms with Crippen LogP contribution < -0.4 is 5.32 Å². The lowest BCUT2D eigenvalue weighted by atomic mass is 9.69. The quantitative estimate of drug-likeness (QED) is 0.303. The van der Waals surface area contributed by atoms with Crippen LogP contribution in [0.1, 0.15) is 45.1 Å². The SMILES string of the molecule is CCOC(=O)[C@H]1[C@@H]2C(=O)N(CCCCCO)[C@H](C(=O)NCc3ccccc3)[C@H]2C=C[C@H]1CC. The van der Waals surface area contributed by atoms with Gasteiger partial charge in [-0.3, -0.25) is 14.4 Å². The van der Waals surface area contributed by atoms with Crippen molar-refractivity contribution in [1.82, 2.24) is 10.2 Å². The normalized spacial score (nSPS) is 26.2. The number of amides is 2. The highest BCUT2D eigenvalue weighted by Crippen LogP contribution is 2.45. The Balaban J connectivity index is 1.86. The summed E-state index contributed by atoms with van der Waals surface area (Å²) in [6.07, 6.45) is 6.79. The average molecular weight is 457 g/mol. The summed E-state index contributed by atoms with van der Waals surface area (Å²) in [7, 11) is 0. The first-order valence-electron chi connectivity index (χ1n) is 12.1. The minimum Gasteiger partial charge on any atom is -0.466 e. The molecule has 0 aromatic heterocycles. The zero-order chi connectivity index (χ0) is 23.8. The molecule has 1 saturated heterocycles. The van der Waals surface area contributed by atoms with Gasteiger partial charge in [-0.2, -0.15) is 0 Å². The van der Waals surface area contributed by atoms with Crippen molar-refractivity contribution in [3.05, 3.63) is 48.0 Å². The molecule has 0 bridgehead atoms. The highest BCUT2D eigenvalue weighted by atomic mass is 16.5. The Bertz CT molecular complexity index is 840. The Morgan fingerprint density at radius 2 is 1.85 bits per heavy atom. The van der Waals surface area contributed by atoms with Gasteiger partial charge in [-0.25, -0.2) is 0 Å². The molecule has 0 unspecified atom stereocenters. The van der Waals surface area contributed by atoms with Crippen molar-refractivity contribution in [2.45, 2.75) is 52.1 Å². The minimum absolute atomic E-state index is 0.0865. The summed E-state index contributed by atoms with van der Waals surface area (Å²) in [6, 6.07) is 8.99. The number of nitrogens with one attached hydrogen (secondary N) is 1. The Morgan fingerprint density at radius 3 is 2.52 bits per heavy atom. The van der Waals surface area contributed by atoms with Crippen LogP contribution in [0, 0.1) is 23.7 Å². The maximum Gasteiger partial charge on any atom is 0.310 e. The van der Waals surface area contributed by atoms with Gasteiger partial charge in [0.2, 0.25) is 11.8 Å². The van der Waals surface area contributed by atoms with Crippen molar-refractivity contribution in [3.8, 4) is 0 Å². The van der Waals surface area contributed by atoms with Crippen LogP contribution in [0.25, 0.3) is 0 Å². The van der Waals surface area contributed by atoms with Crippen LogP contribution in [0.15, 0.2) is 42.5 Å². The van der Waals surface area contributed by atoms with E-state index in [1.165, 1.54) is 0 Å². The van der Waals surface area contributed by atoms with Gasteiger partial charge < -0.3 is 20.1 Å². The lowest BCUT2D eigenvalue weighted by Crippen LogP contribution is -2.47. The number of fused-ring (bicyclic) bond motifs is 1. The van der Waals surface area contributed by atoms with E-state index >= 15 is 0 Å². The molecule has 180 valence electrons. The molecule has 1 aliphatic heterocycles. The highest BCUT2D eigenvalue weighted by Gasteiger charge is 2.57. The highest BCUT2D eigenvalue weighted by molar-refractivity contribution is 5.96. The molecule has 5 atom stereocenters. The van der Waals surface area contributed by atoms with E-state index in [0.29, 0.717) is 25.9 Å². The van der Waals surface area contributed by atoms with E-state index in [1.807, 2.05) is 49.4 Å². The molecule has 7 heteroatoms. The number of unbranched alkanes of at least 4 members (excludes halogenated alkanes) is 2. The minimum atomic E-state index is -0.661. The molecule has 3 rings (SSSR count). The summed E-state index contributed by atoms with van der Waals surface area (Å²) < 4.78 is 5.35. The fourth-order valence-corrected chi connectivity index (χ4v) is 5.15. The number of carbonyl (C=O) groups is 3. The van der Waals surface area contributed by atoms with E-state index in [4.69, 9.17) is 9.84 Å². The first-order valence-corrected chi connectivity index (χ1v) is 12.1. The summed E-state index contributed by atoms with van der Waals surface area (Å²) in [6.45, 7) is 4.92. The summed E-state index contributed by atoms with van der Waals surface area (Å²) in [5.74, 6) is -2.34. The maximum absolute atomic E-state index is 13.6. The third-order valence-electron chi connectivity index (χ3n) is 6.78. The number of aliphatic hydroxyl groups excluding tert-OH is 1. The first-order chi connectivity index (χ1) is 16.0. The van der Waals surface area contributed by atoms with Crippen LogP contribution in [0.5, 0.6) is 0 Å². The Morgan fingerprint density at radius 1 is 1.09 bits per heavy atom. The summed E-state index contributed by atoms with van der Waals surface area (Å²) >= 11 is 0. The van der Waals surface area contributed by atoms with Crippen LogP contribution in [0.4, 0.5) is 0 Å². The van der Waals surface area contributed by atoms with Crippen molar-refractivity contribution in [3.63, 3.8) is 0 Å². The number of carbonyl (C=O) groups excluding carboxylic acids is 3. The molecule has 2 N–H and O–H groups in total. The van der Waals surface area contributed by atoms with Gasteiger partial charge in [0.05, 0.1) is 18.4 Å². The first kappa shape index (κ1) is 25.0. The zero-order valence-electron chi connectivity index (χ0n) is 19.6. The van der Waals surface area contributed by atoms with Gasteiger partial charge in [-0.15, -0.1) is 0 Å². The van der Waals surface area contributed by atoms with Crippen LogP contribution in [0.3, 0.4) is 0 Å². The fourth-order valence-electron chi connectivity index (χ4n) is 5.15. The molecule has 1 fully saturated rings. The second-order valence-electron chi connectivity index (χ2n) is 8.80. The van der Waals surface area contributed by atoms with E-state index in [2.05, 4.69) is 5.32 Å². The molecule has 1 aromatic carbocycles. The van der Waals surface area contributed by atoms with Gasteiger partial charge in [0, 0.05) is 25.6 Å². The Kier molecular flexibility index (Phi) is 9.06. The Hall–Kier alpha value is -2.67. The summed E-state index contributed by atoms with van der Waals surface area (Å²) in [5, 5.41) is 12.1. The molecule has 7 nitrogen and oxygen atoms in total. The van der Waals surface area contributed by atoms with Crippen molar-refractivity contribution in [2.24, 2.45) is 23.7 Å². The van der Waals surface area contributed by atoms with Gasteiger partial charge in [0.25, 0.3) is 0 Å². The van der Waals surface area contributed by atoms with Crippen molar-refractivity contribution in [2.75, 3.05) is 19.8 Å². The van der Waals surface area contributed by atoms with Crippen molar-refractivity contribution < 1.29 is 24.2 Å². The number of hydrogen-bond acceptors (Lipinski definition) is 5. The molecule has 1 aliphatic carbocycles. The van der Waals surface area contributed by atoms with Crippen molar-refractivity contribution >= 4 is 17.8 Å². The lowest BCUT2D eigenvalue weighted by Gasteiger charge is -2.33. The fraction of sp³-hybridized carbons (Fsp3) is 0.577. The van der Waals surface area contributed by atoms with E-state index in [1.54, 1.807) is 11.8 Å². The number of rotatable bonds is 11. The van der Waals surface area contributed by atoms with E-state index < -0.39 is 17.9 Å². The molecular weight excluding hydrogens is 420 g/mol. The van der Waals surface area contributed by atoms with Crippen LogP contribution >= 0.6 is 0 Å². The monoisotopic (exact) mass is 456 g/mol. The Labute approximate surface area is 196 Å². The molecule has 2 amide bonds. The number of nitrogens with zero attached hydrogens (tertiary/aromatic N) is 1. The lowest BCUT2D eigenvalue weighted by molar-refractivity contribution is -0.155. The molecule has 2 aliphatic rings. The molecule has 0 saturated carbocycles. The number of ether oxygens (including phenoxy) is 1. The maximum atomic E-state index is 13.6. The second-order valence-corrected chi connectivity index (χ2v) is 8.80. The number of hydrogen-bond donors (Lipinski definition) is 2. The van der Waals surface area contributed by atoms with Gasteiger partial charge >= 0.3 is 5.97 Å². The number of allylic oxidation sites excluding steroid dienone is 1. The predicted octanol–water partition coefficient (Wildman–Crippen LogP) is 2.68. The molecule has 33 heavy (non-hydrogen) atoms. The van der Waals surface area contributed by atoms with Crippen LogP contribution in [-0.4, -0.2) is 53.6 Å². The summed E-state index contributed by atoms with van der Waals surface area (Å²) in [5.41, 5.74) is 0.982. The molecule has 0 spiro atoms. The number of likely N-dealkylation sites (tertiary alicyclic amines) is 1. The van der Waals surface area contributed by atoms with Gasteiger partial charge in [0.1, 0.15) is 6.04 Å². The van der Waals surface area contributed by atoms with Crippen LogP contribution in [-0.2, 0) is 25.7 Å². The standard InChI is InChI=1S/C26H36N2O5/c1-3-19-13-14-20-22(21(19)26(32)33-4-2)25(31)28(15-9-6-10-16-29)23(20)24(30)27-17-18-11-7-5-8-12-18/h5,7-8,11-14,19-23,29H,3-4,6,9-10,15-17H2,1-2H3,(H,27,30)/t19-,20+,21-,22-,23+/m1/s1. The van der Waals surface area contributed by atoms with E-state index in [9.17, 15) is 14.4 Å². The zero-order valence-corrected chi connectivity index (χ0v) is 19.6. The topological polar surface area (TPSA) is 95.9 Å². The molecule has 1 heterocycles. The predicted molar refractivity (Wildman–Crippen MR) is 125 cm³/mol. The molecule has 0 radical (unpaired) electrons. The summed E-state index contributed by atoms with van der Waals surface area (Å²) in [4.78, 5) is 41.6. The van der Waals surface area contributed by atoms with E-state index in [0.717, 1.165) is 18.4 Å². The van der Waals surface area contributed by atoms with Crippen LogP contribution in [0.2, 0.25) is 0 Å². The molecular formula is C26H36N2O5. The second kappa shape index (κ2) is 12.0. The average Bonchev–Trinajstić information content (AvgIpc) is 3.12. The van der Waals surface area contributed by atoms with Gasteiger partial charge in [0.15, 0.2) is 0 Å². The molecule has 1 aromatic rings.